The van der Waals surface area contributed by atoms with Gasteiger partial charge in [0.1, 0.15) is 5.75 Å². The number of sulfonamides is 1. The molecule has 0 aliphatic rings. The number of aryl methyl sites for hydroxylation is 1. The van der Waals surface area contributed by atoms with E-state index in [1.807, 2.05) is 49.4 Å². The van der Waals surface area contributed by atoms with Crippen molar-refractivity contribution < 1.29 is 13.2 Å². The lowest BCUT2D eigenvalue weighted by Crippen LogP contribution is -2.16. The SMILES string of the molecule is COc1cccc(Cn2nc(C)c(NS(=O)(=O)Cc3ccccc3)c2C)c1. The highest BCUT2D eigenvalue weighted by Crippen LogP contribution is 2.23. The summed E-state index contributed by atoms with van der Waals surface area (Å²) >= 11 is 0. The number of anilines is 1. The molecule has 0 spiro atoms. The monoisotopic (exact) mass is 385 g/mol. The maximum Gasteiger partial charge on any atom is 0.237 e. The van der Waals surface area contributed by atoms with Crippen LogP contribution in [0.5, 0.6) is 5.75 Å². The molecule has 0 saturated heterocycles. The third-order valence-electron chi connectivity index (χ3n) is 4.31. The minimum Gasteiger partial charge on any atom is -0.497 e. The van der Waals surface area contributed by atoms with Crippen LogP contribution in [0.25, 0.3) is 0 Å². The van der Waals surface area contributed by atoms with Gasteiger partial charge >= 0.3 is 0 Å². The minimum atomic E-state index is -3.53. The third-order valence-corrected chi connectivity index (χ3v) is 5.53. The van der Waals surface area contributed by atoms with Gasteiger partial charge in [0.25, 0.3) is 0 Å². The van der Waals surface area contributed by atoms with E-state index < -0.39 is 10.0 Å². The number of hydrogen-bond donors (Lipinski definition) is 1. The number of aromatic nitrogens is 2. The van der Waals surface area contributed by atoms with Crippen molar-refractivity contribution in [3.63, 3.8) is 0 Å². The van der Waals surface area contributed by atoms with Crippen LogP contribution in [-0.2, 0) is 22.3 Å². The van der Waals surface area contributed by atoms with Crippen molar-refractivity contribution in [1.82, 2.24) is 9.78 Å². The smallest absolute Gasteiger partial charge is 0.237 e. The summed E-state index contributed by atoms with van der Waals surface area (Å²) in [6, 6.07) is 16.8. The summed E-state index contributed by atoms with van der Waals surface area (Å²) in [7, 11) is -1.90. The molecule has 0 atom stereocenters. The lowest BCUT2D eigenvalue weighted by atomic mass is 10.2. The molecule has 1 aromatic heterocycles. The number of nitrogens with zero attached hydrogens (tertiary/aromatic N) is 2. The zero-order valence-corrected chi connectivity index (χ0v) is 16.5. The molecular formula is C20H23N3O3S. The van der Waals surface area contributed by atoms with Crippen molar-refractivity contribution in [2.75, 3.05) is 11.8 Å². The second-order valence-electron chi connectivity index (χ2n) is 6.40. The normalized spacial score (nSPS) is 11.4. The highest BCUT2D eigenvalue weighted by Gasteiger charge is 2.18. The molecule has 0 radical (unpaired) electrons. The fourth-order valence-electron chi connectivity index (χ4n) is 2.93. The molecule has 1 N–H and O–H groups in total. The van der Waals surface area contributed by atoms with Gasteiger partial charge in [0, 0.05) is 0 Å². The van der Waals surface area contributed by atoms with Crippen molar-refractivity contribution in [3.8, 4) is 5.75 Å². The molecule has 0 fully saturated rings. The summed E-state index contributed by atoms with van der Waals surface area (Å²) in [6.07, 6.45) is 0. The van der Waals surface area contributed by atoms with Gasteiger partial charge in [-0.25, -0.2) is 8.42 Å². The van der Waals surface area contributed by atoms with E-state index in [9.17, 15) is 8.42 Å². The Hall–Kier alpha value is -2.80. The summed E-state index contributed by atoms with van der Waals surface area (Å²) in [6.45, 7) is 4.19. The second-order valence-corrected chi connectivity index (χ2v) is 8.12. The highest BCUT2D eigenvalue weighted by molar-refractivity contribution is 7.91. The van der Waals surface area contributed by atoms with Crippen molar-refractivity contribution >= 4 is 15.7 Å². The number of nitrogens with one attached hydrogen (secondary N) is 1. The van der Waals surface area contributed by atoms with Crippen LogP contribution in [0.1, 0.15) is 22.5 Å². The first-order chi connectivity index (χ1) is 12.9. The predicted molar refractivity (Wildman–Crippen MR) is 106 cm³/mol. The van der Waals surface area contributed by atoms with Gasteiger partial charge in [-0.1, -0.05) is 42.5 Å². The summed E-state index contributed by atoms with van der Waals surface area (Å²) in [4.78, 5) is 0. The Labute approximate surface area is 159 Å². The van der Waals surface area contributed by atoms with Crippen molar-refractivity contribution in [2.45, 2.75) is 26.1 Å². The predicted octanol–water partition coefficient (Wildman–Crippen LogP) is 3.50. The molecule has 142 valence electrons. The van der Waals surface area contributed by atoms with Crippen LogP contribution in [0.4, 0.5) is 5.69 Å². The minimum absolute atomic E-state index is 0.0756. The van der Waals surface area contributed by atoms with E-state index in [0.717, 1.165) is 22.6 Å². The third kappa shape index (κ3) is 4.68. The molecule has 27 heavy (non-hydrogen) atoms. The standard InChI is InChI=1S/C20H23N3O3S/c1-15-20(22-27(24,25)14-17-8-5-4-6-9-17)16(2)23(21-15)13-18-10-7-11-19(12-18)26-3/h4-12,22H,13-14H2,1-3H3. The van der Waals surface area contributed by atoms with Crippen molar-refractivity contribution in [1.29, 1.82) is 0 Å². The lowest BCUT2D eigenvalue weighted by Gasteiger charge is -2.10. The molecule has 1 heterocycles. The van der Waals surface area contributed by atoms with E-state index in [-0.39, 0.29) is 5.75 Å². The Morgan fingerprint density at radius 2 is 1.74 bits per heavy atom. The second kappa shape index (κ2) is 7.84. The summed E-state index contributed by atoms with van der Waals surface area (Å²) in [5.74, 6) is 0.700. The van der Waals surface area contributed by atoms with E-state index in [0.29, 0.717) is 17.9 Å². The number of ether oxygens (including phenoxy) is 1. The molecule has 0 saturated carbocycles. The van der Waals surface area contributed by atoms with Gasteiger partial charge in [-0.2, -0.15) is 5.10 Å². The summed E-state index contributed by atoms with van der Waals surface area (Å²) in [5, 5.41) is 4.50. The molecule has 0 aliphatic heterocycles. The molecule has 3 rings (SSSR count). The highest BCUT2D eigenvalue weighted by atomic mass is 32.2. The van der Waals surface area contributed by atoms with Crippen molar-refractivity contribution in [3.05, 3.63) is 77.1 Å². The zero-order chi connectivity index (χ0) is 19.4. The van der Waals surface area contributed by atoms with E-state index in [4.69, 9.17) is 4.74 Å². The maximum atomic E-state index is 12.6. The Balaban J connectivity index is 1.81. The lowest BCUT2D eigenvalue weighted by molar-refractivity contribution is 0.414. The fraction of sp³-hybridized carbons (Fsp3) is 0.250. The molecule has 2 aromatic carbocycles. The first-order valence-corrected chi connectivity index (χ1v) is 10.2. The van der Waals surface area contributed by atoms with Crippen LogP contribution in [0, 0.1) is 13.8 Å². The van der Waals surface area contributed by atoms with Crippen LogP contribution >= 0.6 is 0 Å². The van der Waals surface area contributed by atoms with Crippen LogP contribution in [0.2, 0.25) is 0 Å². The Morgan fingerprint density at radius 1 is 1.04 bits per heavy atom. The van der Waals surface area contributed by atoms with E-state index in [1.54, 1.807) is 30.8 Å². The average molecular weight is 385 g/mol. The topological polar surface area (TPSA) is 73.2 Å². The van der Waals surface area contributed by atoms with E-state index in [2.05, 4.69) is 9.82 Å². The fourth-order valence-corrected chi connectivity index (χ4v) is 4.24. The maximum absolute atomic E-state index is 12.6. The molecular weight excluding hydrogens is 362 g/mol. The van der Waals surface area contributed by atoms with Crippen LogP contribution in [0.15, 0.2) is 54.6 Å². The summed E-state index contributed by atoms with van der Waals surface area (Å²) < 4.78 is 34.9. The Bertz CT molecular complexity index is 1030. The molecule has 0 unspecified atom stereocenters. The molecule has 7 heteroatoms. The molecule has 0 aliphatic carbocycles. The first-order valence-electron chi connectivity index (χ1n) is 8.59. The van der Waals surface area contributed by atoms with Crippen LogP contribution in [-0.4, -0.2) is 25.3 Å². The zero-order valence-electron chi connectivity index (χ0n) is 15.6. The Kier molecular flexibility index (Phi) is 5.51. The van der Waals surface area contributed by atoms with Gasteiger partial charge in [0.05, 0.1) is 36.5 Å². The number of methoxy groups -OCH3 is 1. The van der Waals surface area contributed by atoms with Crippen LogP contribution in [0.3, 0.4) is 0 Å². The van der Waals surface area contributed by atoms with Gasteiger partial charge in [-0.05, 0) is 37.1 Å². The molecule has 6 nitrogen and oxygen atoms in total. The van der Waals surface area contributed by atoms with Gasteiger partial charge in [0.15, 0.2) is 0 Å². The molecule has 0 bridgehead atoms. The van der Waals surface area contributed by atoms with E-state index >= 15 is 0 Å². The largest absolute Gasteiger partial charge is 0.497 e. The quantitative estimate of drug-likeness (QED) is 0.676. The number of hydrogen-bond acceptors (Lipinski definition) is 4. The van der Waals surface area contributed by atoms with Gasteiger partial charge in [0.2, 0.25) is 10.0 Å². The molecule has 0 amide bonds. The number of rotatable bonds is 7. The first kappa shape index (κ1) is 19.0. The number of benzene rings is 2. The van der Waals surface area contributed by atoms with Gasteiger partial charge in [-0.15, -0.1) is 0 Å². The van der Waals surface area contributed by atoms with E-state index in [1.165, 1.54) is 0 Å². The summed E-state index contributed by atoms with van der Waals surface area (Å²) in [5.41, 5.74) is 3.72. The molecule has 3 aromatic rings. The van der Waals surface area contributed by atoms with Crippen LogP contribution < -0.4 is 9.46 Å². The van der Waals surface area contributed by atoms with Crippen molar-refractivity contribution in [2.24, 2.45) is 0 Å². The van der Waals surface area contributed by atoms with Gasteiger partial charge < -0.3 is 4.74 Å². The average Bonchev–Trinajstić information content (AvgIpc) is 2.89. The van der Waals surface area contributed by atoms with Gasteiger partial charge in [-0.3, -0.25) is 9.40 Å². The Morgan fingerprint density at radius 3 is 2.44 bits per heavy atom.